The molecule has 1 aliphatic heterocycles. The second-order valence-corrected chi connectivity index (χ2v) is 12.5. The van der Waals surface area contributed by atoms with E-state index in [2.05, 4.69) is 17.6 Å². The van der Waals surface area contributed by atoms with Crippen LogP contribution in [0.25, 0.3) is 0 Å². The number of sulfone groups is 1. The van der Waals surface area contributed by atoms with Crippen molar-refractivity contribution >= 4 is 38.0 Å². The Morgan fingerprint density at radius 2 is 1.91 bits per heavy atom. The van der Waals surface area contributed by atoms with Crippen molar-refractivity contribution in [2.24, 2.45) is 5.92 Å². The lowest BCUT2D eigenvalue weighted by Crippen LogP contribution is -2.36. The van der Waals surface area contributed by atoms with E-state index in [1.54, 1.807) is 0 Å². The zero-order chi connectivity index (χ0) is 23.8. The van der Waals surface area contributed by atoms with Crippen molar-refractivity contribution in [1.29, 1.82) is 0 Å². The second kappa shape index (κ2) is 9.46. The van der Waals surface area contributed by atoms with Crippen LogP contribution in [-0.2, 0) is 27.5 Å². The predicted molar refractivity (Wildman–Crippen MR) is 130 cm³/mol. The van der Waals surface area contributed by atoms with Crippen LogP contribution >= 0.6 is 11.3 Å². The molecule has 33 heavy (non-hydrogen) atoms. The number of anilines is 1. The molecule has 2 N–H and O–H groups in total. The Balaban J connectivity index is 1.52. The van der Waals surface area contributed by atoms with Gasteiger partial charge in [-0.3, -0.25) is 9.59 Å². The summed E-state index contributed by atoms with van der Waals surface area (Å²) in [5.41, 5.74) is 3.36. The van der Waals surface area contributed by atoms with Crippen molar-refractivity contribution < 1.29 is 22.7 Å². The van der Waals surface area contributed by atoms with Gasteiger partial charge in [0.25, 0.3) is 11.8 Å². The number of rotatable bonds is 6. The number of aryl methyl sites for hydroxylation is 2. The minimum Gasteiger partial charge on any atom is -0.483 e. The standard InChI is InChI=1S/C24H30N2O5S2/c1-14-7-8-18-19(11-14)32-24(21(18)23(28)25-17-9-10-33(29,30)13-17)26-20(27)12-31-22-15(2)5-4-6-16(22)3/h4-6,14,17H,7-13H2,1-3H3,(H,25,28)(H,26,27)/t14-,17-/m0/s1. The molecule has 0 saturated carbocycles. The minimum absolute atomic E-state index is 0.0343. The molecule has 0 bridgehead atoms. The van der Waals surface area contributed by atoms with Crippen LogP contribution in [-0.4, -0.2) is 44.4 Å². The first kappa shape index (κ1) is 23.8. The molecule has 2 atom stereocenters. The molecule has 0 unspecified atom stereocenters. The van der Waals surface area contributed by atoms with E-state index in [-0.39, 0.29) is 29.9 Å². The molecular formula is C24H30N2O5S2. The molecular weight excluding hydrogens is 460 g/mol. The van der Waals surface area contributed by atoms with Crippen LogP contribution < -0.4 is 15.4 Å². The summed E-state index contributed by atoms with van der Waals surface area (Å²) in [7, 11) is -3.10. The number of hydrogen-bond donors (Lipinski definition) is 2. The van der Waals surface area contributed by atoms with Gasteiger partial charge in [-0.15, -0.1) is 11.3 Å². The van der Waals surface area contributed by atoms with Crippen LogP contribution in [0.2, 0.25) is 0 Å². The fourth-order valence-corrected chi connectivity index (χ4v) is 7.67. The van der Waals surface area contributed by atoms with Gasteiger partial charge in [0, 0.05) is 10.9 Å². The van der Waals surface area contributed by atoms with E-state index >= 15 is 0 Å². The Morgan fingerprint density at radius 3 is 2.58 bits per heavy atom. The number of carbonyl (C=O) groups excluding carboxylic acids is 2. The van der Waals surface area contributed by atoms with Gasteiger partial charge >= 0.3 is 0 Å². The summed E-state index contributed by atoms with van der Waals surface area (Å²) in [5, 5.41) is 6.30. The Labute approximate surface area is 198 Å². The van der Waals surface area contributed by atoms with E-state index in [0.29, 0.717) is 28.7 Å². The third-order valence-electron chi connectivity index (χ3n) is 6.32. The molecule has 1 aliphatic carbocycles. The Bertz CT molecular complexity index is 1170. The van der Waals surface area contributed by atoms with E-state index in [0.717, 1.165) is 40.8 Å². The number of thiophene rings is 1. The number of nitrogens with one attached hydrogen (secondary N) is 2. The van der Waals surface area contributed by atoms with Crippen LogP contribution in [0.1, 0.15) is 51.7 Å². The van der Waals surface area contributed by atoms with Crippen molar-refractivity contribution in [3.63, 3.8) is 0 Å². The third kappa shape index (κ3) is 5.41. The molecule has 7 nitrogen and oxygen atoms in total. The van der Waals surface area contributed by atoms with Crippen LogP contribution in [0.4, 0.5) is 5.00 Å². The van der Waals surface area contributed by atoms with Crippen molar-refractivity contribution in [3.05, 3.63) is 45.3 Å². The molecule has 2 aromatic rings. The van der Waals surface area contributed by atoms with Crippen LogP contribution in [0, 0.1) is 19.8 Å². The fourth-order valence-electron chi connectivity index (χ4n) is 4.57. The maximum Gasteiger partial charge on any atom is 0.262 e. The first-order valence-electron chi connectivity index (χ1n) is 11.3. The Kier molecular flexibility index (Phi) is 6.81. The average molecular weight is 491 g/mol. The number of para-hydroxylation sites is 1. The maximum atomic E-state index is 13.2. The van der Waals surface area contributed by atoms with Crippen LogP contribution in [0.5, 0.6) is 5.75 Å². The molecule has 2 amide bonds. The van der Waals surface area contributed by atoms with E-state index in [9.17, 15) is 18.0 Å². The normalized spacial score (nSPS) is 21.3. The highest BCUT2D eigenvalue weighted by Gasteiger charge is 2.33. The summed E-state index contributed by atoms with van der Waals surface area (Å²) in [6.45, 7) is 5.88. The van der Waals surface area contributed by atoms with E-state index in [4.69, 9.17) is 4.74 Å². The molecule has 9 heteroatoms. The lowest BCUT2D eigenvalue weighted by Gasteiger charge is -2.19. The molecule has 0 spiro atoms. The van der Waals surface area contributed by atoms with Gasteiger partial charge in [-0.2, -0.15) is 0 Å². The molecule has 1 aromatic heterocycles. The van der Waals surface area contributed by atoms with Crippen molar-refractivity contribution in [2.45, 2.75) is 52.5 Å². The maximum absolute atomic E-state index is 13.2. The monoisotopic (exact) mass is 490 g/mol. The highest BCUT2D eigenvalue weighted by Crippen LogP contribution is 2.40. The smallest absolute Gasteiger partial charge is 0.262 e. The summed E-state index contributed by atoms with van der Waals surface area (Å²) in [5.74, 6) is 0.622. The summed E-state index contributed by atoms with van der Waals surface area (Å²) >= 11 is 1.44. The topological polar surface area (TPSA) is 102 Å². The molecule has 2 heterocycles. The molecule has 2 aliphatic rings. The van der Waals surface area contributed by atoms with Gasteiger partial charge in [0.1, 0.15) is 10.8 Å². The largest absolute Gasteiger partial charge is 0.483 e. The second-order valence-electron chi connectivity index (χ2n) is 9.19. The van der Waals surface area contributed by atoms with Crippen molar-refractivity contribution in [1.82, 2.24) is 5.32 Å². The summed E-state index contributed by atoms with van der Waals surface area (Å²) < 4.78 is 29.4. The lowest BCUT2D eigenvalue weighted by atomic mass is 9.88. The summed E-state index contributed by atoms with van der Waals surface area (Å²) in [6, 6.07) is 5.41. The number of hydrogen-bond acceptors (Lipinski definition) is 6. The third-order valence-corrected chi connectivity index (χ3v) is 9.25. The number of amides is 2. The highest BCUT2D eigenvalue weighted by molar-refractivity contribution is 7.91. The van der Waals surface area contributed by atoms with E-state index in [1.807, 2.05) is 32.0 Å². The molecule has 178 valence electrons. The number of carbonyl (C=O) groups is 2. The minimum atomic E-state index is -3.10. The predicted octanol–water partition coefficient (Wildman–Crippen LogP) is 3.42. The van der Waals surface area contributed by atoms with E-state index < -0.39 is 15.9 Å². The SMILES string of the molecule is Cc1cccc(C)c1OCC(=O)Nc1sc2c(c1C(=O)N[C@H]1CCS(=O)(=O)C1)CC[C@H](C)C2. The van der Waals surface area contributed by atoms with Crippen molar-refractivity contribution in [3.8, 4) is 5.75 Å². The molecule has 0 radical (unpaired) electrons. The van der Waals surface area contributed by atoms with Gasteiger partial charge < -0.3 is 15.4 Å². The number of ether oxygens (including phenoxy) is 1. The number of benzene rings is 1. The van der Waals surface area contributed by atoms with Gasteiger partial charge in [0.15, 0.2) is 16.4 Å². The zero-order valence-corrected chi connectivity index (χ0v) is 20.8. The average Bonchev–Trinajstić information content (AvgIpc) is 3.25. The van der Waals surface area contributed by atoms with E-state index in [1.165, 1.54) is 11.3 Å². The first-order valence-corrected chi connectivity index (χ1v) is 13.9. The summed E-state index contributed by atoms with van der Waals surface area (Å²) in [6.07, 6.45) is 3.04. The van der Waals surface area contributed by atoms with Gasteiger partial charge in [-0.1, -0.05) is 25.1 Å². The Hall–Kier alpha value is -2.39. The molecule has 1 saturated heterocycles. The Morgan fingerprint density at radius 1 is 1.18 bits per heavy atom. The zero-order valence-electron chi connectivity index (χ0n) is 19.2. The number of fused-ring (bicyclic) bond motifs is 1. The molecule has 1 aromatic carbocycles. The van der Waals surface area contributed by atoms with Crippen LogP contribution in [0.3, 0.4) is 0 Å². The lowest BCUT2D eigenvalue weighted by molar-refractivity contribution is -0.118. The van der Waals surface area contributed by atoms with Gasteiger partial charge in [-0.25, -0.2) is 8.42 Å². The van der Waals surface area contributed by atoms with Gasteiger partial charge in [0.2, 0.25) is 0 Å². The van der Waals surface area contributed by atoms with Gasteiger partial charge in [-0.05, 0) is 62.1 Å². The van der Waals surface area contributed by atoms with Crippen molar-refractivity contribution in [2.75, 3.05) is 23.4 Å². The summed E-state index contributed by atoms with van der Waals surface area (Å²) in [4.78, 5) is 27.1. The highest BCUT2D eigenvalue weighted by atomic mass is 32.2. The molecule has 4 rings (SSSR count). The van der Waals surface area contributed by atoms with Gasteiger partial charge in [0.05, 0.1) is 17.1 Å². The first-order chi connectivity index (χ1) is 15.6. The molecule has 1 fully saturated rings. The fraction of sp³-hybridized carbons (Fsp3) is 0.500. The van der Waals surface area contributed by atoms with Crippen LogP contribution in [0.15, 0.2) is 18.2 Å². The quantitative estimate of drug-likeness (QED) is 0.646.